The van der Waals surface area contributed by atoms with Crippen molar-refractivity contribution in [1.82, 2.24) is 9.88 Å². The van der Waals surface area contributed by atoms with Gasteiger partial charge in [0.25, 0.3) is 5.56 Å². The molecule has 1 atom stereocenters. The molecule has 0 fully saturated rings. The van der Waals surface area contributed by atoms with E-state index in [0.29, 0.717) is 11.6 Å². The minimum absolute atomic E-state index is 0.0699. The number of alkyl halides is 3. The number of hydrogen-bond donors (Lipinski definition) is 2. The summed E-state index contributed by atoms with van der Waals surface area (Å²) in [6.45, 7) is -0.441. The zero-order chi connectivity index (χ0) is 21.2. The van der Waals surface area contributed by atoms with E-state index in [1.807, 2.05) is 0 Å². The minimum Gasteiger partial charge on any atom is -0.447 e. The Morgan fingerprint density at radius 1 is 1.34 bits per heavy atom. The summed E-state index contributed by atoms with van der Waals surface area (Å²) < 4.78 is 44.8. The van der Waals surface area contributed by atoms with E-state index in [-0.39, 0.29) is 29.7 Å². The molecule has 1 aliphatic rings. The first kappa shape index (κ1) is 20.7. The molecule has 0 bridgehead atoms. The lowest BCUT2D eigenvalue weighted by atomic mass is 10.00. The van der Waals surface area contributed by atoms with Crippen molar-refractivity contribution in [2.75, 3.05) is 20.3 Å². The summed E-state index contributed by atoms with van der Waals surface area (Å²) in [5, 5.41) is 9.51. The molecule has 6 nitrogen and oxygen atoms in total. The molecule has 0 aliphatic heterocycles. The van der Waals surface area contributed by atoms with Crippen molar-refractivity contribution in [2.24, 2.45) is 0 Å². The van der Waals surface area contributed by atoms with Gasteiger partial charge < -0.3 is 19.7 Å². The molecule has 29 heavy (non-hydrogen) atoms. The fourth-order valence-corrected chi connectivity index (χ4v) is 3.19. The van der Waals surface area contributed by atoms with E-state index in [9.17, 15) is 22.8 Å². The van der Waals surface area contributed by atoms with Crippen LogP contribution in [-0.2, 0) is 10.9 Å². The molecule has 0 spiro atoms. The number of amides is 1. The fraction of sp³-hybridized carbons (Fsp3) is 0.300. The van der Waals surface area contributed by atoms with E-state index in [0.717, 1.165) is 6.07 Å². The SMILES string of the molecule is CN(C(=O)OCCO)C1C=c2c(cc(-c3ccccc3C(F)(F)F)[nH]c2=O)=CC1. The van der Waals surface area contributed by atoms with Crippen LogP contribution in [0.3, 0.4) is 0 Å². The Kier molecular flexibility index (Phi) is 5.78. The Bertz CT molecular complexity index is 1090. The van der Waals surface area contributed by atoms with E-state index in [4.69, 9.17) is 9.84 Å². The second kappa shape index (κ2) is 8.12. The summed E-state index contributed by atoms with van der Waals surface area (Å²) >= 11 is 0. The van der Waals surface area contributed by atoms with Gasteiger partial charge in [0.1, 0.15) is 6.61 Å². The Morgan fingerprint density at radius 2 is 2.07 bits per heavy atom. The lowest BCUT2D eigenvalue weighted by Crippen LogP contribution is -2.47. The van der Waals surface area contributed by atoms with E-state index >= 15 is 0 Å². The molecule has 1 aromatic heterocycles. The van der Waals surface area contributed by atoms with Crippen molar-refractivity contribution in [3.8, 4) is 11.3 Å². The lowest BCUT2D eigenvalue weighted by molar-refractivity contribution is -0.137. The number of benzene rings is 1. The molecule has 1 heterocycles. The monoisotopic (exact) mass is 408 g/mol. The number of fused-ring (bicyclic) bond motifs is 1. The number of aliphatic hydroxyl groups is 1. The molecular formula is C20H19F3N2O4. The van der Waals surface area contributed by atoms with Crippen molar-refractivity contribution in [1.29, 1.82) is 0 Å². The molecule has 154 valence electrons. The number of hydrogen-bond acceptors (Lipinski definition) is 4. The molecule has 0 radical (unpaired) electrons. The van der Waals surface area contributed by atoms with Gasteiger partial charge in [0.2, 0.25) is 0 Å². The molecule has 1 aliphatic carbocycles. The van der Waals surface area contributed by atoms with Crippen molar-refractivity contribution < 1.29 is 27.8 Å². The number of aromatic nitrogens is 1. The summed E-state index contributed by atoms with van der Waals surface area (Å²) in [6.07, 6.45) is -1.56. The molecule has 0 saturated carbocycles. The van der Waals surface area contributed by atoms with Crippen LogP contribution < -0.4 is 16.0 Å². The summed E-state index contributed by atoms with van der Waals surface area (Å²) in [7, 11) is 1.50. The number of aliphatic hydroxyl groups excluding tert-OH is 1. The summed E-state index contributed by atoms with van der Waals surface area (Å²) in [5.74, 6) is 0. The molecular weight excluding hydrogens is 389 g/mol. The molecule has 1 unspecified atom stereocenters. The maximum atomic E-state index is 13.3. The van der Waals surface area contributed by atoms with E-state index in [1.54, 1.807) is 12.2 Å². The zero-order valence-electron chi connectivity index (χ0n) is 15.5. The Balaban J connectivity index is 2.01. The lowest BCUT2D eigenvalue weighted by Gasteiger charge is -2.25. The number of carbonyl (C=O) groups excluding carboxylic acids is 1. The van der Waals surface area contributed by atoms with Gasteiger partial charge in [-0.3, -0.25) is 4.79 Å². The number of rotatable bonds is 4. The molecule has 0 saturated heterocycles. The maximum Gasteiger partial charge on any atom is 0.417 e. The van der Waals surface area contributed by atoms with Crippen molar-refractivity contribution in [2.45, 2.75) is 18.6 Å². The van der Waals surface area contributed by atoms with Gasteiger partial charge in [-0.1, -0.05) is 24.3 Å². The van der Waals surface area contributed by atoms with Gasteiger partial charge in [-0.25, -0.2) is 4.79 Å². The number of pyridine rings is 1. The second-order valence-corrected chi connectivity index (χ2v) is 6.55. The van der Waals surface area contributed by atoms with Crippen molar-refractivity contribution >= 4 is 18.2 Å². The smallest absolute Gasteiger partial charge is 0.417 e. The number of halogens is 3. The highest BCUT2D eigenvalue weighted by molar-refractivity contribution is 5.70. The summed E-state index contributed by atoms with van der Waals surface area (Å²) in [6, 6.07) is 6.08. The van der Waals surface area contributed by atoms with Gasteiger partial charge in [0.05, 0.1) is 18.2 Å². The molecule has 3 rings (SSSR count). The number of ether oxygens (including phenoxy) is 1. The third-order valence-electron chi connectivity index (χ3n) is 4.67. The first-order valence-corrected chi connectivity index (χ1v) is 8.85. The van der Waals surface area contributed by atoms with Gasteiger partial charge in [-0.05, 0) is 29.8 Å². The number of carbonyl (C=O) groups is 1. The van der Waals surface area contributed by atoms with Crippen LogP contribution in [0.1, 0.15) is 12.0 Å². The van der Waals surface area contributed by atoms with Crippen molar-refractivity contribution in [3.63, 3.8) is 0 Å². The Labute approximate surface area is 163 Å². The topological polar surface area (TPSA) is 82.6 Å². The zero-order valence-corrected chi connectivity index (χ0v) is 15.5. The predicted octanol–water partition coefficient (Wildman–Crippen LogP) is 1.45. The highest BCUT2D eigenvalue weighted by Crippen LogP contribution is 2.35. The fourth-order valence-electron chi connectivity index (χ4n) is 3.19. The van der Waals surface area contributed by atoms with E-state index in [1.165, 1.54) is 36.2 Å². The highest BCUT2D eigenvalue weighted by atomic mass is 19.4. The Hall–Kier alpha value is -3.07. The third-order valence-corrected chi connectivity index (χ3v) is 4.67. The summed E-state index contributed by atoms with van der Waals surface area (Å²) in [4.78, 5) is 28.3. The van der Waals surface area contributed by atoms with E-state index < -0.39 is 29.4 Å². The molecule has 1 aromatic carbocycles. The van der Waals surface area contributed by atoms with Crippen LogP contribution in [0.5, 0.6) is 0 Å². The molecule has 2 aromatic rings. The van der Waals surface area contributed by atoms with E-state index in [2.05, 4.69) is 4.98 Å². The Morgan fingerprint density at radius 3 is 2.76 bits per heavy atom. The first-order chi connectivity index (χ1) is 13.7. The van der Waals surface area contributed by atoms with Crippen LogP contribution >= 0.6 is 0 Å². The van der Waals surface area contributed by atoms with Crippen LogP contribution in [0, 0.1) is 0 Å². The second-order valence-electron chi connectivity index (χ2n) is 6.55. The van der Waals surface area contributed by atoms with Crippen LogP contribution in [0.25, 0.3) is 23.4 Å². The standard InChI is InChI=1S/C20H19F3N2O4/c1-25(19(28)29-9-8-26)13-7-6-12-10-17(24-18(27)15(12)11-13)14-4-2-3-5-16(14)20(21,22)23/h2-6,10-11,13,26H,7-9H2,1H3,(H,24,27). The van der Waals surface area contributed by atoms with Gasteiger partial charge in [-0.2, -0.15) is 13.2 Å². The van der Waals surface area contributed by atoms with Crippen molar-refractivity contribution in [3.05, 3.63) is 56.7 Å². The van der Waals surface area contributed by atoms with Crippen LogP contribution in [-0.4, -0.2) is 47.4 Å². The average Bonchev–Trinajstić information content (AvgIpc) is 2.70. The van der Waals surface area contributed by atoms with Crippen LogP contribution in [0.2, 0.25) is 0 Å². The number of aromatic amines is 1. The average molecular weight is 408 g/mol. The molecule has 2 N–H and O–H groups in total. The number of H-pyrrole nitrogens is 1. The van der Waals surface area contributed by atoms with Gasteiger partial charge in [-0.15, -0.1) is 0 Å². The molecule has 1 amide bonds. The van der Waals surface area contributed by atoms with Gasteiger partial charge >= 0.3 is 12.3 Å². The predicted molar refractivity (Wildman–Crippen MR) is 100 cm³/mol. The van der Waals surface area contributed by atoms with Crippen LogP contribution in [0.15, 0.2) is 35.1 Å². The normalized spacial score (nSPS) is 15.7. The number of nitrogens with one attached hydrogen (secondary N) is 1. The van der Waals surface area contributed by atoms with Gasteiger partial charge in [0, 0.05) is 23.5 Å². The first-order valence-electron chi connectivity index (χ1n) is 8.85. The summed E-state index contributed by atoms with van der Waals surface area (Å²) in [5.41, 5.74) is -1.42. The van der Waals surface area contributed by atoms with Gasteiger partial charge in [0.15, 0.2) is 0 Å². The minimum atomic E-state index is -4.55. The number of nitrogens with zero attached hydrogens (tertiary/aromatic N) is 1. The van der Waals surface area contributed by atoms with Crippen LogP contribution in [0.4, 0.5) is 18.0 Å². The maximum absolute atomic E-state index is 13.3. The third kappa shape index (κ3) is 4.34. The quantitative estimate of drug-likeness (QED) is 0.803. The molecule has 9 heteroatoms. The highest BCUT2D eigenvalue weighted by Gasteiger charge is 2.33. The largest absolute Gasteiger partial charge is 0.447 e.